The summed E-state index contributed by atoms with van der Waals surface area (Å²) < 4.78 is 5.48. The molecule has 0 aliphatic rings. The first-order valence-corrected chi connectivity index (χ1v) is 6.00. The molecule has 1 aromatic carbocycles. The number of benzene rings is 1. The molecule has 1 unspecified atom stereocenters. The van der Waals surface area contributed by atoms with E-state index >= 15 is 0 Å². The largest absolute Gasteiger partial charge is 0.491 e. The Labute approximate surface area is 112 Å². The number of hydrogen-bond donors (Lipinski definition) is 3. The molecule has 0 spiro atoms. The van der Waals surface area contributed by atoms with Gasteiger partial charge in [0, 0.05) is 5.69 Å². The summed E-state index contributed by atoms with van der Waals surface area (Å²) in [6.07, 6.45) is -0.0927. The lowest BCUT2D eigenvalue weighted by Crippen LogP contribution is -2.38. The van der Waals surface area contributed by atoms with Gasteiger partial charge in [-0.3, -0.25) is 9.59 Å². The Morgan fingerprint density at radius 3 is 2.32 bits per heavy atom. The third-order valence-corrected chi connectivity index (χ3v) is 2.25. The average molecular weight is 265 g/mol. The van der Waals surface area contributed by atoms with Gasteiger partial charge in [-0.25, -0.2) is 0 Å². The van der Waals surface area contributed by atoms with Crippen molar-refractivity contribution in [1.29, 1.82) is 0 Å². The van der Waals surface area contributed by atoms with Crippen molar-refractivity contribution in [2.45, 2.75) is 32.4 Å². The third-order valence-electron chi connectivity index (χ3n) is 2.25. The van der Waals surface area contributed by atoms with Crippen molar-refractivity contribution < 1.29 is 14.3 Å². The van der Waals surface area contributed by atoms with E-state index in [-0.39, 0.29) is 12.5 Å². The Balaban J connectivity index is 2.57. The van der Waals surface area contributed by atoms with Crippen molar-refractivity contribution in [3.05, 3.63) is 24.3 Å². The van der Waals surface area contributed by atoms with Crippen LogP contribution in [0.3, 0.4) is 0 Å². The van der Waals surface area contributed by atoms with Gasteiger partial charge in [0.15, 0.2) is 0 Å². The van der Waals surface area contributed by atoms with Gasteiger partial charge in [0.1, 0.15) is 5.75 Å². The van der Waals surface area contributed by atoms with Crippen LogP contribution in [0.1, 0.15) is 20.3 Å². The third kappa shape index (κ3) is 5.39. The number of amides is 2. The van der Waals surface area contributed by atoms with E-state index in [1.807, 2.05) is 13.8 Å². The summed E-state index contributed by atoms with van der Waals surface area (Å²) in [6.45, 7) is 3.86. The van der Waals surface area contributed by atoms with E-state index in [1.165, 1.54) is 0 Å². The Kier molecular flexibility index (Phi) is 5.32. The lowest BCUT2D eigenvalue weighted by atomic mass is 10.2. The SMILES string of the molecule is CC(C)Oc1ccc(NC(=O)C(N)CC(N)=O)cc1. The van der Waals surface area contributed by atoms with Gasteiger partial charge in [0.25, 0.3) is 0 Å². The number of nitrogens with two attached hydrogens (primary N) is 2. The van der Waals surface area contributed by atoms with Crippen LogP contribution in [0.5, 0.6) is 5.75 Å². The molecule has 0 saturated heterocycles. The molecular weight excluding hydrogens is 246 g/mol. The first-order valence-electron chi connectivity index (χ1n) is 6.00. The molecule has 0 fully saturated rings. The number of nitrogens with one attached hydrogen (secondary N) is 1. The maximum Gasteiger partial charge on any atom is 0.241 e. The Morgan fingerprint density at radius 2 is 1.84 bits per heavy atom. The Morgan fingerprint density at radius 1 is 1.26 bits per heavy atom. The summed E-state index contributed by atoms with van der Waals surface area (Å²) in [4.78, 5) is 22.3. The predicted octanol–water partition coefficient (Wildman–Crippen LogP) is 0.615. The maximum absolute atomic E-state index is 11.6. The summed E-state index contributed by atoms with van der Waals surface area (Å²) >= 11 is 0. The van der Waals surface area contributed by atoms with Gasteiger partial charge in [-0.2, -0.15) is 0 Å². The zero-order valence-electron chi connectivity index (χ0n) is 11.1. The van der Waals surface area contributed by atoms with Crippen LogP contribution in [0, 0.1) is 0 Å². The van der Waals surface area contributed by atoms with Crippen LogP contribution < -0.4 is 21.5 Å². The second-order valence-electron chi connectivity index (χ2n) is 4.46. The molecular formula is C13H19N3O3. The van der Waals surface area contributed by atoms with Crippen LogP contribution in [-0.4, -0.2) is 24.0 Å². The fourth-order valence-corrected chi connectivity index (χ4v) is 1.43. The summed E-state index contributed by atoms with van der Waals surface area (Å²) in [5.41, 5.74) is 11.1. The fraction of sp³-hybridized carbons (Fsp3) is 0.385. The zero-order valence-corrected chi connectivity index (χ0v) is 11.1. The van der Waals surface area contributed by atoms with Crippen molar-refractivity contribution in [3.63, 3.8) is 0 Å². The summed E-state index contributed by atoms with van der Waals surface area (Å²) in [5.74, 6) is -0.339. The highest BCUT2D eigenvalue weighted by molar-refractivity contribution is 5.97. The van der Waals surface area contributed by atoms with E-state index in [9.17, 15) is 9.59 Å². The van der Waals surface area contributed by atoms with Gasteiger partial charge in [-0.05, 0) is 38.1 Å². The molecule has 0 saturated carbocycles. The number of hydrogen-bond acceptors (Lipinski definition) is 4. The number of ether oxygens (including phenoxy) is 1. The van der Waals surface area contributed by atoms with Gasteiger partial charge in [0.2, 0.25) is 11.8 Å². The van der Waals surface area contributed by atoms with Crippen molar-refractivity contribution in [2.24, 2.45) is 11.5 Å². The highest BCUT2D eigenvalue weighted by Gasteiger charge is 2.15. The van der Waals surface area contributed by atoms with Crippen LogP contribution in [0.25, 0.3) is 0 Å². The van der Waals surface area contributed by atoms with E-state index in [0.717, 1.165) is 5.75 Å². The molecule has 0 aliphatic heterocycles. The molecule has 0 radical (unpaired) electrons. The smallest absolute Gasteiger partial charge is 0.241 e. The van der Waals surface area contributed by atoms with Gasteiger partial charge >= 0.3 is 0 Å². The molecule has 2 amide bonds. The zero-order chi connectivity index (χ0) is 14.4. The minimum Gasteiger partial charge on any atom is -0.491 e. The highest BCUT2D eigenvalue weighted by atomic mass is 16.5. The van der Waals surface area contributed by atoms with Crippen LogP contribution in [0.4, 0.5) is 5.69 Å². The summed E-state index contributed by atoms with van der Waals surface area (Å²) in [7, 11) is 0. The van der Waals surface area contributed by atoms with E-state index in [2.05, 4.69) is 5.32 Å². The molecule has 1 aromatic rings. The summed E-state index contributed by atoms with van der Waals surface area (Å²) in [5, 5.41) is 2.60. The molecule has 0 aliphatic carbocycles. The first kappa shape index (κ1) is 15.0. The van der Waals surface area contributed by atoms with Gasteiger partial charge in [-0.15, -0.1) is 0 Å². The molecule has 19 heavy (non-hydrogen) atoms. The maximum atomic E-state index is 11.6. The normalized spacial score (nSPS) is 12.0. The molecule has 104 valence electrons. The van der Waals surface area contributed by atoms with E-state index in [0.29, 0.717) is 5.69 Å². The molecule has 0 bridgehead atoms. The highest BCUT2D eigenvalue weighted by Crippen LogP contribution is 2.17. The second kappa shape index (κ2) is 6.75. The predicted molar refractivity (Wildman–Crippen MR) is 72.6 cm³/mol. The van der Waals surface area contributed by atoms with E-state index in [1.54, 1.807) is 24.3 Å². The minimum absolute atomic E-state index is 0.0874. The number of primary amides is 1. The monoisotopic (exact) mass is 265 g/mol. The molecule has 1 rings (SSSR count). The molecule has 1 atom stereocenters. The number of carbonyl (C=O) groups is 2. The van der Waals surface area contributed by atoms with Crippen LogP contribution in [0.2, 0.25) is 0 Å². The van der Waals surface area contributed by atoms with Gasteiger partial charge in [0.05, 0.1) is 18.6 Å². The van der Waals surface area contributed by atoms with Gasteiger partial charge < -0.3 is 21.5 Å². The van der Waals surface area contributed by atoms with E-state index < -0.39 is 17.9 Å². The topological polar surface area (TPSA) is 107 Å². The summed E-state index contributed by atoms with van der Waals surface area (Å²) in [6, 6.07) is 5.95. The molecule has 5 N–H and O–H groups in total. The van der Waals surface area contributed by atoms with Crippen molar-refractivity contribution in [2.75, 3.05) is 5.32 Å². The Bertz CT molecular complexity index is 443. The fourth-order valence-electron chi connectivity index (χ4n) is 1.43. The number of rotatable bonds is 6. The van der Waals surface area contributed by atoms with Crippen molar-refractivity contribution in [3.8, 4) is 5.75 Å². The first-order chi connectivity index (χ1) is 8.88. The standard InChI is InChI=1S/C13H19N3O3/c1-8(2)19-10-5-3-9(4-6-10)16-13(18)11(14)7-12(15)17/h3-6,8,11H,7,14H2,1-2H3,(H2,15,17)(H,16,18). The van der Waals surface area contributed by atoms with Crippen LogP contribution >= 0.6 is 0 Å². The lowest BCUT2D eigenvalue weighted by molar-refractivity contribution is -0.123. The molecule has 0 heterocycles. The van der Waals surface area contributed by atoms with E-state index in [4.69, 9.17) is 16.2 Å². The quantitative estimate of drug-likeness (QED) is 0.700. The van der Waals surface area contributed by atoms with Crippen LogP contribution in [0.15, 0.2) is 24.3 Å². The minimum atomic E-state index is -0.941. The lowest BCUT2D eigenvalue weighted by Gasteiger charge is -2.12. The molecule has 0 aromatic heterocycles. The van der Waals surface area contributed by atoms with Crippen molar-refractivity contribution >= 4 is 17.5 Å². The average Bonchev–Trinajstić information content (AvgIpc) is 2.30. The molecule has 6 heteroatoms. The van der Waals surface area contributed by atoms with Crippen LogP contribution in [-0.2, 0) is 9.59 Å². The number of carbonyl (C=O) groups excluding carboxylic acids is 2. The second-order valence-corrected chi connectivity index (χ2v) is 4.46. The number of anilines is 1. The van der Waals surface area contributed by atoms with Gasteiger partial charge in [-0.1, -0.05) is 0 Å². The molecule has 6 nitrogen and oxygen atoms in total. The Hall–Kier alpha value is -2.08. The van der Waals surface area contributed by atoms with Crippen molar-refractivity contribution in [1.82, 2.24) is 0 Å².